The summed E-state index contributed by atoms with van der Waals surface area (Å²) in [5, 5.41) is 3.08. The number of amides is 1. The zero-order valence-electron chi connectivity index (χ0n) is 12.4. The number of carbonyl (C=O) groups excluding carboxylic acids is 1. The van der Waals surface area contributed by atoms with Crippen LogP contribution in [0.3, 0.4) is 0 Å². The quantitative estimate of drug-likeness (QED) is 0.544. The molecule has 0 aliphatic carbocycles. The van der Waals surface area contributed by atoms with Crippen molar-refractivity contribution in [1.82, 2.24) is 4.90 Å². The van der Waals surface area contributed by atoms with Gasteiger partial charge < -0.3 is 14.2 Å². The maximum atomic E-state index is 12.1. The first-order valence-corrected chi connectivity index (χ1v) is 6.70. The van der Waals surface area contributed by atoms with Crippen LogP contribution >= 0.6 is 0 Å². The van der Waals surface area contributed by atoms with Crippen molar-refractivity contribution in [2.45, 2.75) is 57.7 Å². The molecule has 0 unspecified atom stereocenters. The van der Waals surface area contributed by atoms with E-state index < -0.39 is 24.9 Å². The molecule has 1 heterocycles. The number of unbranched alkanes of at least 4 members (excludes halogenated alkanes) is 1. The summed E-state index contributed by atoms with van der Waals surface area (Å²) in [6.45, 7) is 5.39. The van der Waals surface area contributed by atoms with E-state index in [1.807, 2.05) is 0 Å². The van der Waals surface area contributed by atoms with Crippen LogP contribution in [-0.2, 0) is 14.1 Å². The molecule has 1 amide bonds. The Hall–Kier alpha value is -0.945. The molecular formula is C12H23BN2O4. The molecule has 0 aromatic rings. The van der Waals surface area contributed by atoms with Crippen molar-refractivity contribution in [3.8, 4) is 0 Å². The van der Waals surface area contributed by atoms with Crippen LogP contribution in [0.4, 0.5) is 0 Å². The number of likely N-dealkylation sites (N-methyl/N-ethyl adjacent to an activating group) is 1. The van der Waals surface area contributed by atoms with Crippen LogP contribution in [0.1, 0.15) is 33.6 Å². The van der Waals surface area contributed by atoms with E-state index in [-0.39, 0.29) is 5.91 Å². The van der Waals surface area contributed by atoms with Crippen LogP contribution in [0.5, 0.6) is 0 Å². The van der Waals surface area contributed by atoms with Crippen LogP contribution in [0.25, 0.3) is 0 Å². The highest BCUT2D eigenvalue weighted by molar-refractivity contribution is 6.45. The lowest BCUT2D eigenvalue weighted by Gasteiger charge is -2.28. The molecule has 0 bridgehead atoms. The first-order chi connectivity index (χ1) is 8.83. The van der Waals surface area contributed by atoms with Gasteiger partial charge in [0.15, 0.2) is 0 Å². The molecular weight excluding hydrogens is 247 g/mol. The molecule has 0 radical (unpaired) electrons. The molecule has 6 nitrogen and oxygen atoms in total. The Morgan fingerprint density at radius 3 is 2.47 bits per heavy atom. The van der Waals surface area contributed by atoms with E-state index in [2.05, 4.69) is 12.1 Å². The highest BCUT2D eigenvalue weighted by atomic mass is 16.7. The summed E-state index contributed by atoms with van der Waals surface area (Å²) in [6.07, 6.45) is 1.30. The van der Waals surface area contributed by atoms with Gasteiger partial charge in [-0.3, -0.25) is 4.79 Å². The van der Waals surface area contributed by atoms with Gasteiger partial charge in [-0.1, -0.05) is 24.9 Å². The summed E-state index contributed by atoms with van der Waals surface area (Å²) < 4.78 is 11.4. The van der Waals surface area contributed by atoms with Crippen molar-refractivity contribution in [2.75, 3.05) is 14.1 Å². The molecule has 1 saturated heterocycles. The van der Waals surface area contributed by atoms with E-state index in [1.54, 1.807) is 27.9 Å². The van der Waals surface area contributed by atoms with Crippen molar-refractivity contribution in [1.29, 1.82) is 0 Å². The second kappa shape index (κ2) is 6.48. The molecule has 7 heteroatoms. The van der Waals surface area contributed by atoms with Gasteiger partial charge in [0.1, 0.15) is 17.7 Å². The van der Waals surface area contributed by atoms with Crippen molar-refractivity contribution in [3.05, 3.63) is 4.91 Å². The van der Waals surface area contributed by atoms with Crippen LogP contribution in [0.2, 0.25) is 6.32 Å². The molecule has 0 aromatic carbocycles. The monoisotopic (exact) mass is 270 g/mol. The van der Waals surface area contributed by atoms with Gasteiger partial charge >= 0.3 is 7.12 Å². The van der Waals surface area contributed by atoms with E-state index in [0.717, 1.165) is 19.2 Å². The van der Waals surface area contributed by atoms with E-state index in [9.17, 15) is 9.70 Å². The van der Waals surface area contributed by atoms with Gasteiger partial charge in [0.2, 0.25) is 0 Å². The van der Waals surface area contributed by atoms with Crippen molar-refractivity contribution >= 4 is 13.0 Å². The second-order valence-corrected chi connectivity index (χ2v) is 5.66. The van der Waals surface area contributed by atoms with E-state index in [4.69, 9.17) is 9.31 Å². The van der Waals surface area contributed by atoms with E-state index in [1.165, 1.54) is 4.90 Å². The average molecular weight is 270 g/mol. The molecule has 1 fully saturated rings. The standard InChI is InChI=1S/C12H23BN2O4/c1-6-7-8-13-18-9(11(16)15(4)5)10(19-13)12(2,3)14-17/h9-10H,6-8H2,1-5H3/t9-,10-/m1/s1. The first kappa shape index (κ1) is 16.1. The maximum Gasteiger partial charge on any atom is 0.457 e. The van der Waals surface area contributed by atoms with Gasteiger partial charge in [-0.05, 0) is 20.2 Å². The zero-order valence-corrected chi connectivity index (χ0v) is 12.4. The van der Waals surface area contributed by atoms with Gasteiger partial charge in [0.05, 0.1) is 0 Å². The fourth-order valence-electron chi connectivity index (χ4n) is 2.04. The topological polar surface area (TPSA) is 68.2 Å². The van der Waals surface area contributed by atoms with E-state index in [0.29, 0.717) is 0 Å². The highest BCUT2D eigenvalue weighted by Crippen LogP contribution is 2.31. The van der Waals surface area contributed by atoms with Gasteiger partial charge in [0, 0.05) is 14.1 Å². The van der Waals surface area contributed by atoms with Gasteiger partial charge in [0.25, 0.3) is 5.91 Å². The van der Waals surface area contributed by atoms with Gasteiger partial charge in [-0.15, -0.1) is 0 Å². The maximum absolute atomic E-state index is 12.1. The smallest absolute Gasteiger partial charge is 0.402 e. The minimum absolute atomic E-state index is 0.194. The normalized spacial score (nSPS) is 23.5. The molecule has 0 aromatic heterocycles. The number of hydrogen-bond acceptors (Lipinski definition) is 5. The van der Waals surface area contributed by atoms with Crippen LogP contribution in [0.15, 0.2) is 5.18 Å². The Bertz CT molecular complexity index is 336. The van der Waals surface area contributed by atoms with Crippen molar-refractivity contribution < 1.29 is 14.1 Å². The second-order valence-electron chi connectivity index (χ2n) is 5.66. The minimum Gasteiger partial charge on any atom is -0.402 e. The number of nitroso groups, excluding NO2 is 1. The lowest BCUT2D eigenvalue weighted by molar-refractivity contribution is -0.138. The molecule has 1 rings (SSSR count). The molecule has 0 N–H and O–H groups in total. The van der Waals surface area contributed by atoms with Crippen molar-refractivity contribution in [3.63, 3.8) is 0 Å². The predicted octanol–water partition coefficient (Wildman–Crippen LogP) is 1.69. The summed E-state index contributed by atoms with van der Waals surface area (Å²) in [5.41, 5.74) is -0.989. The molecule has 2 atom stereocenters. The summed E-state index contributed by atoms with van der Waals surface area (Å²) >= 11 is 0. The number of rotatable bonds is 6. The van der Waals surface area contributed by atoms with Crippen LogP contribution < -0.4 is 0 Å². The fraction of sp³-hybridized carbons (Fsp3) is 0.917. The minimum atomic E-state index is -0.989. The summed E-state index contributed by atoms with van der Waals surface area (Å²) in [4.78, 5) is 24.5. The van der Waals surface area contributed by atoms with Crippen LogP contribution in [0, 0.1) is 4.91 Å². The lowest BCUT2D eigenvalue weighted by Crippen LogP contribution is -2.48. The third-order valence-electron chi connectivity index (χ3n) is 3.28. The Kier molecular flexibility index (Phi) is 5.49. The Balaban J connectivity index is 2.84. The predicted molar refractivity (Wildman–Crippen MR) is 73.8 cm³/mol. The van der Waals surface area contributed by atoms with Crippen molar-refractivity contribution in [2.24, 2.45) is 5.18 Å². The van der Waals surface area contributed by atoms with Gasteiger partial charge in [-0.25, -0.2) is 0 Å². The third kappa shape index (κ3) is 3.76. The number of nitrogens with zero attached hydrogens (tertiary/aromatic N) is 2. The molecule has 108 valence electrons. The SMILES string of the molecule is CCCCB1O[C@@H](C(C)(C)N=O)[C@H](C(=O)N(C)C)O1. The molecule has 0 saturated carbocycles. The Morgan fingerprint density at radius 1 is 1.37 bits per heavy atom. The van der Waals surface area contributed by atoms with Gasteiger partial charge in [-0.2, -0.15) is 4.91 Å². The molecule has 19 heavy (non-hydrogen) atoms. The third-order valence-corrected chi connectivity index (χ3v) is 3.28. The molecule has 1 aliphatic rings. The summed E-state index contributed by atoms with van der Waals surface area (Å²) in [5.74, 6) is -0.194. The van der Waals surface area contributed by atoms with Crippen LogP contribution in [-0.4, -0.2) is 49.8 Å². The lowest BCUT2D eigenvalue weighted by atomic mass is 9.82. The largest absolute Gasteiger partial charge is 0.457 e. The molecule has 0 spiro atoms. The summed E-state index contributed by atoms with van der Waals surface area (Å²) in [6, 6.07) is 0. The van der Waals surface area contributed by atoms with E-state index >= 15 is 0 Å². The fourth-order valence-corrected chi connectivity index (χ4v) is 2.04. The first-order valence-electron chi connectivity index (χ1n) is 6.70. The Labute approximate surface area is 114 Å². The Morgan fingerprint density at radius 2 is 2.00 bits per heavy atom. The summed E-state index contributed by atoms with van der Waals surface area (Å²) in [7, 11) is 2.88. The highest BCUT2D eigenvalue weighted by Gasteiger charge is 2.51. The number of hydrogen-bond donors (Lipinski definition) is 0. The average Bonchev–Trinajstić information content (AvgIpc) is 2.80. The molecule has 1 aliphatic heterocycles. The zero-order chi connectivity index (χ0) is 14.6. The number of carbonyl (C=O) groups is 1.